The highest BCUT2D eigenvalue weighted by molar-refractivity contribution is 5.89. The topological polar surface area (TPSA) is 38.3 Å². The fourth-order valence-corrected chi connectivity index (χ4v) is 2.25. The summed E-state index contributed by atoms with van der Waals surface area (Å²) < 4.78 is 18.2. The summed E-state index contributed by atoms with van der Waals surface area (Å²) in [5.74, 6) is -1.16. The molecule has 1 aliphatic rings. The molecule has 1 aromatic rings. The van der Waals surface area contributed by atoms with E-state index in [-0.39, 0.29) is 5.56 Å². The minimum atomic E-state index is -0.639. The maximum absolute atomic E-state index is 13.7. The van der Waals surface area contributed by atoms with Gasteiger partial charge in [-0.2, -0.15) is 0 Å². The summed E-state index contributed by atoms with van der Waals surface area (Å²) in [6.45, 7) is 3.81. The van der Waals surface area contributed by atoms with Crippen LogP contribution < -0.4 is 5.32 Å². The van der Waals surface area contributed by atoms with Crippen LogP contribution in [0.3, 0.4) is 0 Å². The molecular formula is C15H20FNO2. The van der Waals surface area contributed by atoms with Gasteiger partial charge in [-0.15, -0.1) is 0 Å². The summed E-state index contributed by atoms with van der Waals surface area (Å²) in [5.41, 5.74) is 1.31. The van der Waals surface area contributed by atoms with E-state index in [1.54, 1.807) is 6.07 Å². The zero-order valence-electron chi connectivity index (χ0n) is 11.5. The lowest BCUT2D eigenvalue weighted by Crippen LogP contribution is -2.23. The molecule has 2 rings (SSSR count). The number of halogens is 1. The van der Waals surface area contributed by atoms with E-state index < -0.39 is 11.8 Å². The number of esters is 1. The van der Waals surface area contributed by atoms with Gasteiger partial charge in [0.25, 0.3) is 0 Å². The van der Waals surface area contributed by atoms with Crippen LogP contribution in [0.5, 0.6) is 0 Å². The van der Waals surface area contributed by atoms with E-state index in [1.165, 1.54) is 38.5 Å². The molecule has 1 fully saturated rings. The first-order valence-electron chi connectivity index (χ1n) is 6.68. The van der Waals surface area contributed by atoms with Crippen molar-refractivity contribution in [3.05, 3.63) is 35.1 Å². The second-order valence-corrected chi connectivity index (χ2v) is 5.26. The first kappa shape index (κ1) is 14.0. The van der Waals surface area contributed by atoms with E-state index in [1.807, 2.05) is 0 Å². The van der Waals surface area contributed by atoms with Gasteiger partial charge in [-0.05, 0) is 42.4 Å². The number of methoxy groups -OCH3 is 1. The number of hydrogen-bond donors (Lipinski definition) is 1. The SMILES string of the molecule is CCC1(CNCc2ccc(C(=O)OC)c(F)c2)CC1. The smallest absolute Gasteiger partial charge is 0.340 e. The molecular weight excluding hydrogens is 245 g/mol. The molecule has 19 heavy (non-hydrogen) atoms. The Morgan fingerprint density at radius 2 is 2.21 bits per heavy atom. The van der Waals surface area contributed by atoms with E-state index in [4.69, 9.17) is 0 Å². The maximum atomic E-state index is 13.7. The second-order valence-electron chi connectivity index (χ2n) is 5.26. The summed E-state index contributed by atoms with van der Waals surface area (Å²) in [6, 6.07) is 4.63. The van der Waals surface area contributed by atoms with Crippen LogP contribution in [0.15, 0.2) is 18.2 Å². The molecule has 1 aliphatic carbocycles. The molecule has 0 aromatic heterocycles. The number of ether oxygens (including phenoxy) is 1. The number of benzene rings is 1. The Hall–Kier alpha value is -1.42. The van der Waals surface area contributed by atoms with Crippen molar-refractivity contribution in [1.82, 2.24) is 5.32 Å². The fraction of sp³-hybridized carbons (Fsp3) is 0.533. The fourth-order valence-electron chi connectivity index (χ4n) is 2.25. The van der Waals surface area contributed by atoms with Gasteiger partial charge in [-0.1, -0.05) is 13.0 Å². The molecule has 0 radical (unpaired) electrons. The zero-order valence-corrected chi connectivity index (χ0v) is 11.5. The van der Waals surface area contributed by atoms with E-state index in [0.717, 1.165) is 12.1 Å². The highest BCUT2D eigenvalue weighted by atomic mass is 19.1. The van der Waals surface area contributed by atoms with Gasteiger partial charge in [-0.25, -0.2) is 9.18 Å². The standard InChI is InChI=1S/C15H20FNO2/c1-3-15(6-7-15)10-17-9-11-4-5-12(13(16)8-11)14(18)19-2/h4-5,8,17H,3,6-7,9-10H2,1-2H3. The maximum Gasteiger partial charge on any atom is 0.340 e. The summed E-state index contributed by atoms with van der Waals surface area (Å²) in [7, 11) is 1.25. The van der Waals surface area contributed by atoms with Crippen molar-refractivity contribution in [2.24, 2.45) is 5.41 Å². The summed E-state index contributed by atoms with van der Waals surface area (Å²) in [6.07, 6.45) is 3.76. The van der Waals surface area contributed by atoms with Crippen molar-refractivity contribution in [3.8, 4) is 0 Å². The van der Waals surface area contributed by atoms with Crippen molar-refractivity contribution in [2.75, 3.05) is 13.7 Å². The highest BCUT2D eigenvalue weighted by Gasteiger charge is 2.39. The zero-order chi connectivity index (χ0) is 13.9. The van der Waals surface area contributed by atoms with Gasteiger partial charge in [0.2, 0.25) is 0 Å². The van der Waals surface area contributed by atoms with Crippen LogP contribution >= 0.6 is 0 Å². The van der Waals surface area contributed by atoms with Gasteiger partial charge in [0.1, 0.15) is 5.82 Å². The third-order valence-electron chi connectivity index (χ3n) is 3.98. The molecule has 1 aromatic carbocycles. The lowest BCUT2D eigenvalue weighted by Gasteiger charge is -2.13. The van der Waals surface area contributed by atoms with Crippen LogP contribution in [-0.2, 0) is 11.3 Å². The van der Waals surface area contributed by atoms with E-state index in [0.29, 0.717) is 12.0 Å². The van der Waals surface area contributed by atoms with Gasteiger partial charge in [-0.3, -0.25) is 0 Å². The van der Waals surface area contributed by atoms with E-state index in [9.17, 15) is 9.18 Å². The quantitative estimate of drug-likeness (QED) is 0.804. The Morgan fingerprint density at radius 1 is 1.47 bits per heavy atom. The molecule has 1 saturated carbocycles. The average molecular weight is 265 g/mol. The third kappa shape index (κ3) is 3.32. The Bertz CT molecular complexity index is 469. The lowest BCUT2D eigenvalue weighted by atomic mass is 10.0. The van der Waals surface area contributed by atoms with Crippen LogP contribution in [0.1, 0.15) is 42.1 Å². The summed E-state index contributed by atoms with van der Waals surface area (Å²) in [4.78, 5) is 11.3. The van der Waals surface area contributed by atoms with Crippen molar-refractivity contribution in [1.29, 1.82) is 0 Å². The van der Waals surface area contributed by atoms with Gasteiger partial charge in [0.05, 0.1) is 12.7 Å². The number of carbonyl (C=O) groups is 1. The molecule has 0 amide bonds. The number of rotatable bonds is 6. The molecule has 0 saturated heterocycles. The number of carbonyl (C=O) groups excluding carboxylic acids is 1. The van der Waals surface area contributed by atoms with Gasteiger partial charge in [0.15, 0.2) is 0 Å². The van der Waals surface area contributed by atoms with Crippen LogP contribution in [-0.4, -0.2) is 19.6 Å². The first-order chi connectivity index (χ1) is 9.10. The summed E-state index contributed by atoms with van der Waals surface area (Å²) in [5, 5.41) is 3.36. The molecule has 1 N–H and O–H groups in total. The van der Waals surface area contributed by atoms with Crippen molar-refractivity contribution >= 4 is 5.97 Å². The monoisotopic (exact) mass is 265 g/mol. The van der Waals surface area contributed by atoms with Crippen LogP contribution in [0, 0.1) is 11.2 Å². The third-order valence-corrected chi connectivity index (χ3v) is 3.98. The van der Waals surface area contributed by atoms with Crippen LogP contribution in [0.2, 0.25) is 0 Å². The van der Waals surface area contributed by atoms with Crippen molar-refractivity contribution in [2.45, 2.75) is 32.7 Å². The lowest BCUT2D eigenvalue weighted by molar-refractivity contribution is 0.0595. The van der Waals surface area contributed by atoms with Gasteiger partial charge in [0, 0.05) is 13.1 Å². The second kappa shape index (κ2) is 5.70. The molecule has 104 valence electrons. The van der Waals surface area contributed by atoms with Crippen LogP contribution in [0.4, 0.5) is 4.39 Å². The minimum Gasteiger partial charge on any atom is -0.465 e. The Balaban J connectivity index is 1.91. The van der Waals surface area contributed by atoms with E-state index in [2.05, 4.69) is 17.0 Å². The normalized spacial score (nSPS) is 16.2. The van der Waals surface area contributed by atoms with Crippen LogP contribution in [0.25, 0.3) is 0 Å². The predicted octanol–water partition coefficient (Wildman–Crippen LogP) is 2.89. The average Bonchev–Trinajstić information content (AvgIpc) is 3.19. The Kier molecular flexibility index (Phi) is 4.20. The first-order valence-corrected chi connectivity index (χ1v) is 6.68. The molecule has 0 unspecified atom stereocenters. The molecule has 3 nitrogen and oxygen atoms in total. The summed E-state index contributed by atoms with van der Waals surface area (Å²) >= 11 is 0. The van der Waals surface area contributed by atoms with E-state index >= 15 is 0 Å². The molecule has 0 bridgehead atoms. The Labute approximate surface area is 113 Å². The molecule has 0 atom stereocenters. The molecule has 4 heteroatoms. The highest BCUT2D eigenvalue weighted by Crippen LogP contribution is 2.47. The number of hydrogen-bond acceptors (Lipinski definition) is 3. The van der Waals surface area contributed by atoms with Crippen molar-refractivity contribution < 1.29 is 13.9 Å². The molecule has 0 aliphatic heterocycles. The molecule has 0 heterocycles. The van der Waals surface area contributed by atoms with Crippen molar-refractivity contribution in [3.63, 3.8) is 0 Å². The predicted molar refractivity (Wildman–Crippen MR) is 71.4 cm³/mol. The largest absolute Gasteiger partial charge is 0.465 e. The van der Waals surface area contributed by atoms with Gasteiger partial charge < -0.3 is 10.1 Å². The van der Waals surface area contributed by atoms with Gasteiger partial charge >= 0.3 is 5.97 Å². The number of nitrogens with one attached hydrogen (secondary N) is 1. The molecule has 0 spiro atoms. The minimum absolute atomic E-state index is 0.0153. The Morgan fingerprint density at radius 3 is 2.74 bits per heavy atom.